The maximum absolute atomic E-state index is 13.4. The molecule has 1 fully saturated rings. The highest BCUT2D eigenvalue weighted by Gasteiger charge is 2.58. The molecular formula is C27H27N5O10S2. The quantitative estimate of drug-likeness (QED) is 0.0882. The topological polar surface area (TPSA) is 217 Å². The number of methoxy groups -OCH3 is 1. The normalized spacial score (nSPS) is 17.1. The summed E-state index contributed by atoms with van der Waals surface area (Å²) in [4.78, 5) is 60.8. The molecule has 0 bridgehead atoms. The lowest BCUT2D eigenvalue weighted by Crippen LogP contribution is -2.74. The summed E-state index contributed by atoms with van der Waals surface area (Å²) in [7, 11) is -4.23. The highest BCUT2D eigenvalue weighted by molar-refractivity contribution is 7.84. The Bertz CT molecular complexity index is 1650. The summed E-state index contributed by atoms with van der Waals surface area (Å²) in [5.74, 6) is -4.53. The molecule has 1 saturated heterocycles. The van der Waals surface area contributed by atoms with Crippen LogP contribution in [0.5, 0.6) is 0 Å². The Morgan fingerprint density at radius 1 is 1.09 bits per heavy atom. The zero-order valence-corrected chi connectivity index (χ0v) is 25.1. The summed E-state index contributed by atoms with van der Waals surface area (Å²) in [6.45, 7) is 2.70. The molecule has 1 aromatic heterocycles. The number of nitrogens with zero attached hydrogens (tertiary/aromatic N) is 3. The van der Waals surface area contributed by atoms with Gasteiger partial charge < -0.3 is 25.4 Å². The summed E-state index contributed by atoms with van der Waals surface area (Å²) in [6, 6.07) is 14.3. The molecule has 2 aromatic carbocycles. The van der Waals surface area contributed by atoms with Crippen LogP contribution in [0.1, 0.15) is 36.8 Å². The third-order valence-electron chi connectivity index (χ3n) is 6.30. The predicted molar refractivity (Wildman–Crippen MR) is 155 cm³/mol. The molecule has 4 rings (SSSR count). The number of hydrogen-bond acceptors (Lipinski definition) is 13. The SMILES string of the molecule is COC(=O)C1C(NC(=O)C(=NOC(C)(C)C(=O)OC(c2ccccc2)c2ccccc2)c2csc(N)n2)C(=O)N1S(=O)(=O)O. The molecule has 17 heteroatoms. The molecule has 232 valence electrons. The number of esters is 2. The Kier molecular flexibility index (Phi) is 9.31. The van der Waals surface area contributed by atoms with Crippen LogP contribution in [-0.4, -0.2) is 76.5 Å². The van der Waals surface area contributed by atoms with Crippen LogP contribution in [0.25, 0.3) is 0 Å². The summed E-state index contributed by atoms with van der Waals surface area (Å²) < 4.78 is 42.8. The number of carbonyl (C=O) groups is 4. The first-order valence-electron chi connectivity index (χ1n) is 12.7. The van der Waals surface area contributed by atoms with Crippen molar-refractivity contribution in [3.63, 3.8) is 0 Å². The zero-order chi connectivity index (χ0) is 32.2. The molecule has 2 atom stereocenters. The third kappa shape index (κ3) is 6.85. The average molecular weight is 646 g/mol. The number of anilines is 1. The highest BCUT2D eigenvalue weighted by atomic mass is 32.2. The van der Waals surface area contributed by atoms with Crippen LogP contribution in [0.3, 0.4) is 0 Å². The molecule has 2 unspecified atom stereocenters. The van der Waals surface area contributed by atoms with Crippen molar-refractivity contribution >= 4 is 56.2 Å². The Morgan fingerprint density at radius 2 is 1.66 bits per heavy atom. The molecule has 4 N–H and O–H groups in total. The fourth-order valence-electron chi connectivity index (χ4n) is 4.05. The number of nitrogens with one attached hydrogen (secondary N) is 1. The Balaban J connectivity index is 1.59. The fourth-order valence-corrected chi connectivity index (χ4v) is 5.44. The van der Waals surface area contributed by atoms with E-state index in [1.54, 1.807) is 48.5 Å². The molecule has 0 spiro atoms. The number of ether oxygens (including phenoxy) is 2. The smallest absolute Gasteiger partial charge is 0.363 e. The van der Waals surface area contributed by atoms with E-state index in [2.05, 4.69) is 20.2 Å². The minimum absolute atomic E-state index is 0.0393. The van der Waals surface area contributed by atoms with E-state index in [9.17, 15) is 32.1 Å². The molecule has 2 heterocycles. The number of nitrogen functional groups attached to an aromatic ring is 1. The minimum Gasteiger partial charge on any atom is -0.467 e. The second-order valence-electron chi connectivity index (χ2n) is 9.75. The van der Waals surface area contributed by atoms with Gasteiger partial charge in [0.2, 0.25) is 5.60 Å². The summed E-state index contributed by atoms with van der Waals surface area (Å²) in [5, 5.41) is 7.38. The van der Waals surface area contributed by atoms with Gasteiger partial charge in [0.05, 0.1) is 7.11 Å². The summed E-state index contributed by atoms with van der Waals surface area (Å²) in [6.07, 6.45) is -0.802. The lowest BCUT2D eigenvalue weighted by Gasteiger charge is -2.41. The molecule has 15 nitrogen and oxygen atoms in total. The van der Waals surface area contributed by atoms with Gasteiger partial charge in [0, 0.05) is 5.38 Å². The van der Waals surface area contributed by atoms with E-state index in [0.29, 0.717) is 11.1 Å². The van der Waals surface area contributed by atoms with Crippen LogP contribution in [0.2, 0.25) is 0 Å². The van der Waals surface area contributed by atoms with E-state index >= 15 is 0 Å². The van der Waals surface area contributed by atoms with Gasteiger partial charge in [-0.3, -0.25) is 14.1 Å². The van der Waals surface area contributed by atoms with E-state index in [4.69, 9.17) is 15.3 Å². The van der Waals surface area contributed by atoms with Gasteiger partial charge in [-0.15, -0.1) is 11.3 Å². The van der Waals surface area contributed by atoms with Gasteiger partial charge >= 0.3 is 22.2 Å². The standard InChI is InChI=1S/C27H27N5O10S2/c1-27(2,25(36)41-21(15-10-6-4-7-11-15)16-12-8-5-9-13-16)42-31-18(17-14-43-26(28)29-17)22(33)30-19-20(24(35)40-3)32(23(19)34)44(37,38)39/h4-14,19-21H,1-3H3,(H2,28,29)(H,30,33)(H,37,38,39). The molecule has 1 aliphatic heterocycles. The lowest BCUT2D eigenvalue weighted by atomic mass is 9.98. The van der Waals surface area contributed by atoms with E-state index in [1.807, 2.05) is 12.1 Å². The number of rotatable bonds is 11. The number of nitrogens with two attached hydrogens (primary N) is 1. The van der Waals surface area contributed by atoms with Gasteiger partial charge in [-0.2, -0.15) is 12.7 Å². The molecule has 2 amide bonds. The first-order chi connectivity index (χ1) is 20.7. The van der Waals surface area contributed by atoms with Crippen molar-refractivity contribution in [2.75, 3.05) is 12.8 Å². The maximum atomic E-state index is 13.4. The monoisotopic (exact) mass is 645 g/mol. The number of carbonyl (C=O) groups excluding carboxylic acids is 4. The second kappa shape index (κ2) is 12.8. The number of oxime groups is 1. The van der Waals surface area contributed by atoms with Crippen molar-refractivity contribution in [2.24, 2.45) is 5.16 Å². The molecule has 44 heavy (non-hydrogen) atoms. The van der Waals surface area contributed by atoms with Crippen molar-refractivity contribution < 1.29 is 46.5 Å². The second-order valence-corrected chi connectivity index (χ2v) is 11.9. The number of aromatic nitrogens is 1. The van der Waals surface area contributed by atoms with Crippen molar-refractivity contribution in [3.8, 4) is 0 Å². The first-order valence-corrected chi connectivity index (χ1v) is 15.0. The number of amides is 2. The lowest BCUT2D eigenvalue weighted by molar-refractivity contribution is -0.172. The molecule has 0 saturated carbocycles. The number of β-lactam (4-membered cyclic amide) rings is 1. The van der Waals surface area contributed by atoms with E-state index in [1.165, 1.54) is 19.2 Å². The minimum atomic E-state index is -5.15. The van der Waals surface area contributed by atoms with Crippen molar-refractivity contribution in [3.05, 3.63) is 82.9 Å². The van der Waals surface area contributed by atoms with E-state index in [-0.39, 0.29) is 15.1 Å². The molecule has 0 aliphatic carbocycles. The average Bonchev–Trinajstić information content (AvgIpc) is 3.42. The van der Waals surface area contributed by atoms with Crippen LogP contribution in [0.15, 0.2) is 71.2 Å². The van der Waals surface area contributed by atoms with Crippen LogP contribution >= 0.6 is 11.3 Å². The number of benzene rings is 2. The molecule has 3 aromatic rings. The maximum Gasteiger partial charge on any atom is 0.363 e. The number of thiazole rings is 1. The van der Waals surface area contributed by atoms with Crippen LogP contribution < -0.4 is 11.1 Å². The zero-order valence-electron chi connectivity index (χ0n) is 23.4. The first kappa shape index (κ1) is 32.1. The van der Waals surface area contributed by atoms with Crippen molar-refractivity contribution in [1.29, 1.82) is 0 Å². The van der Waals surface area contributed by atoms with Gasteiger partial charge in [-0.05, 0) is 25.0 Å². The van der Waals surface area contributed by atoms with Crippen LogP contribution in [-0.2, 0) is 43.8 Å². The van der Waals surface area contributed by atoms with Gasteiger partial charge in [-0.25, -0.2) is 14.6 Å². The Hall–Kier alpha value is -4.87. The predicted octanol–water partition coefficient (Wildman–Crippen LogP) is 1.23. The van der Waals surface area contributed by atoms with E-state index in [0.717, 1.165) is 18.4 Å². The van der Waals surface area contributed by atoms with E-state index < -0.39 is 63.6 Å². The van der Waals surface area contributed by atoms with Gasteiger partial charge in [-0.1, -0.05) is 65.8 Å². The molecule has 0 radical (unpaired) electrons. The van der Waals surface area contributed by atoms with Gasteiger partial charge in [0.15, 0.2) is 23.0 Å². The van der Waals surface area contributed by atoms with Crippen molar-refractivity contribution in [2.45, 2.75) is 37.6 Å². The van der Waals surface area contributed by atoms with Gasteiger partial charge in [0.25, 0.3) is 11.8 Å². The third-order valence-corrected chi connectivity index (χ3v) is 7.87. The molecule has 1 aliphatic rings. The largest absolute Gasteiger partial charge is 0.467 e. The summed E-state index contributed by atoms with van der Waals surface area (Å²) >= 11 is 0.942. The van der Waals surface area contributed by atoms with Gasteiger partial charge in [0.1, 0.15) is 11.7 Å². The Labute approximate surface area is 255 Å². The summed E-state index contributed by atoms with van der Waals surface area (Å²) in [5.41, 5.74) is 4.62. The molecular weight excluding hydrogens is 618 g/mol. The van der Waals surface area contributed by atoms with Crippen LogP contribution in [0.4, 0.5) is 5.13 Å². The fraction of sp³-hybridized carbons (Fsp3) is 0.259. The Morgan fingerprint density at radius 3 is 2.14 bits per heavy atom. The highest BCUT2D eigenvalue weighted by Crippen LogP contribution is 2.29. The van der Waals surface area contributed by atoms with Crippen LogP contribution in [0, 0.1) is 0 Å². The van der Waals surface area contributed by atoms with Crippen molar-refractivity contribution in [1.82, 2.24) is 14.6 Å². The number of hydrogen-bond donors (Lipinski definition) is 3.